The number of imidazole rings is 1. The average Bonchev–Trinajstić information content (AvgIpc) is 2.83. The molecule has 0 aliphatic rings. The number of carbonyl (C=O) groups excluding carboxylic acids is 1. The van der Waals surface area contributed by atoms with E-state index >= 15 is 0 Å². The second-order valence-electron chi connectivity index (χ2n) is 5.25. The van der Waals surface area contributed by atoms with Gasteiger partial charge in [-0.15, -0.1) is 0 Å². The summed E-state index contributed by atoms with van der Waals surface area (Å²) in [6, 6.07) is 1.25. The van der Waals surface area contributed by atoms with Crippen LogP contribution in [0, 0.1) is 11.7 Å². The number of carbonyl (C=O) groups is 2. The van der Waals surface area contributed by atoms with Crippen molar-refractivity contribution in [2.75, 3.05) is 0 Å². The summed E-state index contributed by atoms with van der Waals surface area (Å²) in [5, 5.41) is 11.5. The third kappa shape index (κ3) is 3.36. The molecule has 1 atom stereocenters. The molecule has 112 valence electrons. The number of aromatic amines is 1. The van der Waals surface area contributed by atoms with Crippen LogP contribution < -0.4 is 5.32 Å². The number of nitrogens with one attached hydrogen (secondary N) is 2. The van der Waals surface area contributed by atoms with Crippen LogP contribution in [0.15, 0.2) is 18.5 Å². The normalized spacial score (nSPS) is 12.6. The Kier molecular flexibility index (Phi) is 4.21. The van der Waals surface area contributed by atoms with E-state index in [0.717, 1.165) is 6.07 Å². The molecule has 1 aromatic carbocycles. The second kappa shape index (κ2) is 5.90. The Labute approximate surface area is 120 Å². The van der Waals surface area contributed by atoms with Gasteiger partial charge >= 0.3 is 5.97 Å². The van der Waals surface area contributed by atoms with E-state index in [9.17, 15) is 14.0 Å². The minimum absolute atomic E-state index is 0.0151. The maximum atomic E-state index is 13.5. The van der Waals surface area contributed by atoms with E-state index in [1.54, 1.807) is 0 Å². The zero-order valence-electron chi connectivity index (χ0n) is 11.7. The number of amides is 1. The first-order chi connectivity index (χ1) is 9.88. The number of aliphatic carboxylic acids is 1. The minimum atomic E-state index is -1.12. The van der Waals surface area contributed by atoms with Crippen LogP contribution in [0.4, 0.5) is 4.39 Å². The van der Waals surface area contributed by atoms with Crippen molar-refractivity contribution in [3.8, 4) is 0 Å². The van der Waals surface area contributed by atoms with E-state index in [0.29, 0.717) is 17.5 Å². The molecule has 3 N–H and O–H groups in total. The lowest BCUT2D eigenvalue weighted by atomic mass is 10.0. The Hall–Kier alpha value is -2.44. The molecule has 2 rings (SSSR count). The van der Waals surface area contributed by atoms with Crippen LogP contribution in [0.1, 0.15) is 30.6 Å². The van der Waals surface area contributed by atoms with Gasteiger partial charge in [-0.2, -0.15) is 0 Å². The van der Waals surface area contributed by atoms with E-state index in [1.165, 1.54) is 12.4 Å². The molecule has 1 aromatic heterocycles. The van der Waals surface area contributed by atoms with Gasteiger partial charge < -0.3 is 15.4 Å². The lowest BCUT2D eigenvalue weighted by Gasteiger charge is -2.16. The summed E-state index contributed by atoms with van der Waals surface area (Å²) in [6.45, 7) is 3.71. The number of hydrogen-bond acceptors (Lipinski definition) is 3. The van der Waals surface area contributed by atoms with Gasteiger partial charge in [0.05, 0.1) is 17.4 Å². The van der Waals surface area contributed by atoms with Crippen molar-refractivity contribution in [2.24, 2.45) is 5.92 Å². The minimum Gasteiger partial charge on any atom is -0.480 e. The number of nitrogens with zero attached hydrogens (tertiary/aromatic N) is 1. The number of hydrogen-bond donors (Lipinski definition) is 3. The molecule has 0 saturated heterocycles. The molecule has 0 spiro atoms. The molecule has 1 heterocycles. The predicted octanol–water partition coefficient (Wildman–Crippen LogP) is 1.93. The largest absolute Gasteiger partial charge is 0.480 e. The lowest BCUT2D eigenvalue weighted by molar-refractivity contribution is -0.139. The van der Waals surface area contributed by atoms with E-state index in [-0.39, 0.29) is 11.5 Å². The summed E-state index contributed by atoms with van der Waals surface area (Å²) in [5.41, 5.74) is 0.708. The van der Waals surface area contributed by atoms with Gasteiger partial charge in [-0.25, -0.2) is 14.2 Å². The van der Waals surface area contributed by atoms with Crippen LogP contribution in [0.25, 0.3) is 11.0 Å². The molecular weight excluding hydrogens is 277 g/mol. The number of benzene rings is 1. The highest BCUT2D eigenvalue weighted by Crippen LogP contribution is 2.17. The zero-order valence-corrected chi connectivity index (χ0v) is 11.7. The fourth-order valence-corrected chi connectivity index (χ4v) is 2.12. The Balaban J connectivity index is 2.29. The maximum Gasteiger partial charge on any atom is 0.326 e. The van der Waals surface area contributed by atoms with E-state index in [4.69, 9.17) is 5.11 Å². The number of carboxylic acid groups (broad SMARTS) is 1. The average molecular weight is 293 g/mol. The molecule has 0 bridgehead atoms. The quantitative estimate of drug-likeness (QED) is 0.785. The maximum absolute atomic E-state index is 13.5. The molecule has 0 aliphatic heterocycles. The fraction of sp³-hybridized carbons (Fsp3) is 0.357. The van der Waals surface area contributed by atoms with Gasteiger partial charge in [0.2, 0.25) is 0 Å². The summed E-state index contributed by atoms with van der Waals surface area (Å²) in [5.74, 6) is -2.26. The molecule has 1 unspecified atom stereocenters. The standard InChI is InChI=1S/C14H16FN3O3/c1-7(2)3-11(14(20)21)18-13(19)9-4-8(15)5-10-12(9)17-6-16-10/h4-7,11H,3H2,1-2H3,(H,16,17)(H,18,19)(H,20,21). The smallest absolute Gasteiger partial charge is 0.326 e. The van der Waals surface area contributed by atoms with Crippen molar-refractivity contribution in [3.63, 3.8) is 0 Å². The molecule has 2 aromatic rings. The SMILES string of the molecule is CC(C)CC(NC(=O)c1cc(F)cc2[nH]cnc12)C(=O)O. The Morgan fingerprint density at radius 2 is 2.14 bits per heavy atom. The lowest BCUT2D eigenvalue weighted by Crippen LogP contribution is -2.41. The zero-order chi connectivity index (χ0) is 15.6. The van der Waals surface area contributed by atoms with Gasteiger partial charge in [-0.1, -0.05) is 13.8 Å². The van der Waals surface area contributed by atoms with Crippen molar-refractivity contribution < 1.29 is 19.1 Å². The first-order valence-electron chi connectivity index (χ1n) is 6.54. The number of rotatable bonds is 5. The first-order valence-corrected chi connectivity index (χ1v) is 6.54. The van der Waals surface area contributed by atoms with Gasteiger partial charge in [-0.3, -0.25) is 4.79 Å². The van der Waals surface area contributed by atoms with Gasteiger partial charge in [0.1, 0.15) is 17.4 Å². The predicted molar refractivity (Wildman–Crippen MR) is 74.4 cm³/mol. The monoisotopic (exact) mass is 293 g/mol. The Morgan fingerprint density at radius 1 is 1.43 bits per heavy atom. The second-order valence-corrected chi connectivity index (χ2v) is 5.25. The number of H-pyrrole nitrogens is 1. The van der Waals surface area contributed by atoms with E-state index < -0.39 is 23.7 Å². The first kappa shape index (κ1) is 15.0. The van der Waals surface area contributed by atoms with Crippen LogP contribution in [-0.4, -0.2) is 33.0 Å². The van der Waals surface area contributed by atoms with Crippen LogP contribution in [0.5, 0.6) is 0 Å². The van der Waals surface area contributed by atoms with Crippen LogP contribution in [0.2, 0.25) is 0 Å². The summed E-state index contributed by atoms with van der Waals surface area (Å²) in [7, 11) is 0. The van der Waals surface area contributed by atoms with E-state index in [1.807, 2.05) is 13.8 Å². The third-order valence-corrected chi connectivity index (χ3v) is 3.04. The summed E-state index contributed by atoms with van der Waals surface area (Å²) in [6.07, 6.45) is 1.64. The molecule has 1 amide bonds. The van der Waals surface area contributed by atoms with Crippen molar-refractivity contribution in [1.29, 1.82) is 0 Å². The van der Waals surface area contributed by atoms with Crippen molar-refractivity contribution in [1.82, 2.24) is 15.3 Å². The summed E-state index contributed by atoms with van der Waals surface area (Å²) in [4.78, 5) is 30.1. The summed E-state index contributed by atoms with van der Waals surface area (Å²) < 4.78 is 13.5. The topological polar surface area (TPSA) is 95.1 Å². The third-order valence-electron chi connectivity index (χ3n) is 3.04. The summed E-state index contributed by atoms with van der Waals surface area (Å²) >= 11 is 0. The van der Waals surface area contributed by atoms with Gasteiger partial charge in [0, 0.05) is 0 Å². The van der Waals surface area contributed by atoms with Crippen LogP contribution in [0.3, 0.4) is 0 Å². The molecule has 7 heteroatoms. The number of carboxylic acids is 1. The van der Waals surface area contributed by atoms with E-state index in [2.05, 4.69) is 15.3 Å². The number of halogens is 1. The van der Waals surface area contributed by atoms with Crippen LogP contribution in [-0.2, 0) is 4.79 Å². The highest BCUT2D eigenvalue weighted by atomic mass is 19.1. The molecular formula is C14H16FN3O3. The van der Waals surface area contributed by atoms with Crippen molar-refractivity contribution in [2.45, 2.75) is 26.3 Å². The molecule has 21 heavy (non-hydrogen) atoms. The van der Waals surface area contributed by atoms with Gasteiger partial charge in [0.15, 0.2) is 0 Å². The molecule has 6 nitrogen and oxygen atoms in total. The molecule has 0 saturated carbocycles. The Bertz CT molecular complexity index is 681. The number of fused-ring (bicyclic) bond motifs is 1. The molecule has 0 aliphatic carbocycles. The highest BCUT2D eigenvalue weighted by Gasteiger charge is 2.23. The van der Waals surface area contributed by atoms with Crippen molar-refractivity contribution in [3.05, 3.63) is 29.8 Å². The Morgan fingerprint density at radius 3 is 2.76 bits per heavy atom. The highest BCUT2D eigenvalue weighted by molar-refractivity contribution is 6.05. The van der Waals surface area contributed by atoms with Crippen molar-refractivity contribution >= 4 is 22.9 Å². The van der Waals surface area contributed by atoms with Gasteiger partial charge in [-0.05, 0) is 24.5 Å². The molecule has 0 fully saturated rings. The fourth-order valence-electron chi connectivity index (χ4n) is 2.12. The molecule has 0 radical (unpaired) electrons. The van der Waals surface area contributed by atoms with Gasteiger partial charge in [0.25, 0.3) is 5.91 Å². The van der Waals surface area contributed by atoms with Crippen LogP contribution >= 0.6 is 0 Å². The number of aromatic nitrogens is 2.